The number of azo groups is 1. The first-order valence-electron chi connectivity index (χ1n) is 4.61. The number of carbonyl (C=O) groups is 1. The highest BCUT2D eigenvalue weighted by Gasteiger charge is 2.32. The van der Waals surface area contributed by atoms with Crippen molar-refractivity contribution >= 4 is 6.03 Å². The second kappa shape index (κ2) is 3.78. The van der Waals surface area contributed by atoms with Crippen LogP contribution in [-0.4, -0.2) is 11.9 Å². The maximum Gasteiger partial charge on any atom is 0.363 e. The van der Waals surface area contributed by atoms with Crippen LogP contribution in [0.3, 0.4) is 0 Å². The molecule has 1 atom stereocenters. The van der Waals surface area contributed by atoms with Gasteiger partial charge in [0.1, 0.15) is 0 Å². The number of benzene rings is 1. The molecule has 1 aromatic carbocycles. The lowest BCUT2D eigenvalue weighted by Crippen LogP contribution is -2.40. The minimum atomic E-state index is -1.02. The van der Waals surface area contributed by atoms with Gasteiger partial charge < -0.3 is 4.74 Å². The summed E-state index contributed by atoms with van der Waals surface area (Å²) in [5.41, 5.74) is 1.02. The molecule has 0 saturated heterocycles. The molecular weight excluding hydrogens is 194 g/mol. The van der Waals surface area contributed by atoms with Crippen molar-refractivity contribution in [1.82, 2.24) is 5.32 Å². The van der Waals surface area contributed by atoms with Gasteiger partial charge in [0.2, 0.25) is 0 Å². The van der Waals surface area contributed by atoms with E-state index in [1.807, 2.05) is 30.3 Å². The van der Waals surface area contributed by atoms with Crippen LogP contribution in [0.2, 0.25) is 0 Å². The summed E-state index contributed by atoms with van der Waals surface area (Å²) in [7, 11) is 0. The predicted molar refractivity (Wildman–Crippen MR) is 53.0 cm³/mol. The zero-order chi connectivity index (χ0) is 10.7. The molecule has 15 heavy (non-hydrogen) atoms. The zero-order valence-corrected chi connectivity index (χ0v) is 8.30. The number of hydrogen-bond donors (Lipinski definition) is 1. The highest BCUT2D eigenvalue weighted by molar-refractivity contribution is 5.76. The van der Waals surface area contributed by atoms with Gasteiger partial charge in [-0.1, -0.05) is 35.4 Å². The Balaban J connectivity index is 1.94. The van der Waals surface area contributed by atoms with Crippen LogP contribution in [0.15, 0.2) is 40.6 Å². The second-order valence-corrected chi connectivity index (χ2v) is 3.39. The molecule has 0 aliphatic carbocycles. The summed E-state index contributed by atoms with van der Waals surface area (Å²) in [5, 5.41) is 9.56. The number of carbonyl (C=O) groups excluding carboxylic acids is 1. The fourth-order valence-electron chi connectivity index (χ4n) is 1.25. The zero-order valence-electron chi connectivity index (χ0n) is 8.30. The smallest absolute Gasteiger partial charge is 0.331 e. The van der Waals surface area contributed by atoms with E-state index in [1.54, 1.807) is 6.92 Å². The molecule has 1 aromatic rings. The molecule has 1 unspecified atom stereocenters. The van der Waals surface area contributed by atoms with E-state index in [-0.39, 0.29) is 0 Å². The van der Waals surface area contributed by atoms with Gasteiger partial charge in [-0.25, -0.2) is 4.79 Å². The van der Waals surface area contributed by atoms with Crippen LogP contribution in [0.5, 0.6) is 0 Å². The Morgan fingerprint density at radius 3 is 2.73 bits per heavy atom. The van der Waals surface area contributed by atoms with Crippen LogP contribution < -0.4 is 5.32 Å². The molecule has 0 saturated carbocycles. The van der Waals surface area contributed by atoms with Gasteiger partial charge in [0, 0.05) is 6.92 Å². The van der Waals surface area contributed by atoms with Crippen molar-refractivity contribution in [2.24, 2.45) is 10.2 Å². The maximum absolute atomic E-state index is 10.8. The Morgan fingerprint density at radius 2 is 2.13 bits per heavy atom. The fourth-order valence-corrected chi connectivity index (χ4v) is 1.25. The molecule has 5 heteroatoms. The van der Waals surface area contributed by atoms with Crippen molar-refractivity contribution in [2.45, 2.75) is 19.4 Å². The molecule has 1 aliphatic rings. The van der Waals surface area contributed by atoms with Crippen molar-refractivity contribution in [3.05, 3.63) is 35.9 Å². The predicted octanol–water partition coefficient (Wildman–Crippen LogP) is 2.05. The summed E-state index contributed by atoms with van der Waals surface area (Å²) in [4.78, 5) is 10.8. The van der Waals surface area contributed by atoms with E-state index in [0.717, 1.165) is 5.56 Å². The average Bonchev–Trinajstić information content (AvgIpc) is 2.58. The van der Waals surface area contributed by atoms with Crippen molar-refractivity contribution in [1.29, 1.82) is 0 Å². The van der Waals surface area contributed by atoms with E-state index in [4.69, 9.17) is 4.74 Å². The highest BCUT2D eigenvalue weighted by Crippen LogP contribution is 2.17. The van der Waals surface area contributed by atoms with Gasteiger partial charge in [0.05, 0.1) is 6.61 Å². The van der Waals surface area contributed by atoms with Gasteiger partial charge >= 0.3 is 6.03 Å². The lowest BCUT2D eigenvalue weighted by Gasteiger charge is -2.19. The van der Waals surface area contributed by atoms with E-state index in [0.29, 0.717) is 6.61 Å². The molecule has 0 fully saturated rings. The summed E-state index contributed by atoms with van der Waals surface area (Å²) in [6, 6.07) is 9.20. The first kappa shape index (κ1) is 9.79. The quantitative estimate of drug-likeness (QED) is 0.820. The Bertz CT molecular complexity index is 391. The van der Waals surface area contributed by atoms with Crippen LogP contribution in [0.4, 0.5) is 4.79 Å². The minimum Gasteiger partial charge on any atom is -0.331 e. The second-order valence-electron chi connectivity index (χ2n) is 3.39. The number of amides is 2. The maximum atomic E-state index is 10.8. The van der Waals surface area contributed by atoms with E-state index in [1.165, 1.54) is 0 Å². The third-order valence-electron chi connectivity index (χ3n) is 2.03. The molecule has 78 valence electrons. The number of nitrogens with one attached hydrogen (secondary N) is 1. The van der Waals surface area contributed by atoms with Crippen molar-refractivity contribution in [3.63, 3.8) is 0 Å². The van der Waals surface area contributed by atoms with Crippen LogP contribution >= 0.6 is 0 Å². The molecule has 2 amide bonds. The number of ether oxygens (including phenoxy) is 1. The normalized spacial score (nSPS) is 24.2. The molecule has 0 radical (unpaired) electrons. The molecule has 0 spiro atoms. The Kier molecular flexibility index (Phi) is 2.47. The standard InChI is InChI=1S/C10H11N3O2/c1-10(11-9(14)12-13-10)15-7-8-5-3-2-4-6-8/h2-6H,7H2,1H3,(H,11,14). The van der Waals surface area contributed by atoms with Crippen LogP contribution in [0, 0.1) is 0 Å². The van der Waals surface area contributed by atoms with Gasteiger partial charge in [-0.15, -0.1) is 5.11 Å². The summed E-state index contributed by atoms with van der Waals surface area (Å²) >= 11 is 0. The average molecular weight is 205 g/mol. The number of rotatable bonds is 3. The van der Waals surface area contributed by atoms with E-state index in [2.05, 4.69) is 15.5 Å². The third kappa shape index (κ3) is 2.38. The fraction of sp³-hybridized carbons (Fsp3) is 0.300. The van der Waals surface area contributed by atoms with Gasteiger partial charge in [-0.05, 0) is 5.56 Å². The SMILES string of the molecule is CC1(OCc2ccccc2)N=NC(=O)N1. The molecule has 0 aromatic heterocycles. The van der Waals surface area contributed by atoms with Crippen molar-refractivity contribution < 1.29 is 9.53 Å². The van der Waals surface area contributed by atoms with E-state index >= 15 is 0 Å². The summed E-state index contributed by atoms with van der Waals surface area (Å²) in [5.74, 6) is -1.02. The molecule has 0 bridgehead atoms. The van der Waals surface area contributed by atoms with Crippen molar-refractivity contribution in [2.75, 3.05) is 0 Å². The van der Waals surface area contributed by atoms with Crippen LogP contribution in [-0.2, 0) is 11.3 Å². The van der Waals surface area contributed by atoms with Crippen LogP contribution in [0.1, 0.15) is 12.5 Å². The molecule has 2 rings (SSSR count). The van der Waals surface area contributed by atoms with Crippen molar-refractivity contribution in [3.8, 4) is 0 Å². The summed E-state index contributed by atoms with van der Waals surface area (Å²) in [6.45, 7) is 2.04. The first-order chi connectivity index (χ1) is 7.18. The summed E-state index contributed by atoms with van der Waals surface area (Å²) < 4.78 is 5.45. The molecule has 5 nitrogen and oxygen atoms in total. The largest absolute Gasteiger partial charge is 0.363 e. The third-order valence-corrected chi connectivity index (χ3v) is 2.03. The lowest BCUT2D eigenvalue weighted by molar-refractivity contribution is -0.0477. The topological polar surface area (TPSA) is 63.1 Å². The Labute approximate surface area is 87.2 Å². The molecule has 1 heterocycles. The van der Waals surface area contributed by atoms with E-state index in [9.17, 15) is 4.79 Å². The molecule has 1 aliphatic heterocycles. The van der Waals surface area contributed by atoms with Gasteiger partial charge in [0.25, 0.3) is 5.85 Å². The van der Waals surface area contributed by atoms with Gasteiger partial charge in [0.15, 0.2) is 0 Å². The van der Waals surface area contributed by atoms with Gasteiger partial charge in [-0.2, -0.15) is 0 Å². The Morgan fingerprint density at radius 1 is 1.40 bits per heavy atom. The number of urea groups is 1. The lowest BCUT2D eigenvalue weighted by atomic mass is 10.2. The minimum absolute atomic E-state index is 0.386. The van der Waals surface area contributed by atoms with Gasteiger partial charge in [-0.3, -0.25) is 5.32 Å². The number of hydrogen-bond acceptors (Lipinski definition) is 3. The molecular formula is C10H11N3O2. The number of nitrogens with zero attached hydrogens (tertiary/aromatic N) is 2. The first-order valence-corrected chi connectivity index (χ1v) is 4.61. The van der Waals surface area contributed by atoms with E-state index < -0.39 is 11.9 Å². The molecule has 1 N–H and O–H groups in total. The van der Waals surface area contributed by atoms with Crippen LogP contribution in [0.25, 0.3) is 0 Å². The monoisotopic (exact) mass is 205 g/mol. The summed E-state index contributed by atoms with van der Waals surface area (Å²) in [6.07, 6.45) is 0. The Hall–Kier alpha value is -1.75. The highest BCUT2D eigenvalue weighted by atomic mass is 16.5.